The summed E-state index contributed by atoms with van der Waals surface area (Å²) in [6.45, 7) is 11.0. The summed E-state index contributed by atoms with van der Waals surface area (Å²) in [5, 5.41) is 3.42. The lowest BCUT2D eigenvalue weighted by Crippen LogP contribution is -2.40. The molecule has 0 amide bonds. The van der Waals surface area contributed by atoms with Gasteiger partial charge in [-0.15, -0.1) is 0 Å². The highest BCUT2D eigenvalue weighted by molar-refractivity contribution is 5.81. The van der Waals surface area contributed by atoms with Crippen molar-refractivity contribution in [2.45, 2.75) is 45.7 Å². The summed E-state index contributed by atoms with van der Waals surface area (Å²) in [5.74, 6) is 1.40. The van der Waals surface area contributed by atoms with E-state index in [1.54, 1.807) is 6.20 Å². The van der Waals surface area contributed by atoms with E-state index in [1.807, 2.05) is 35.2 Å². The number of hydrogen-bond donors (Lipinski definition) is 1. The number of nitrogens with zero attached hydrogens (tertiary/aromatic N) is 6. The van der Waals surface area contributed by atoms with Gasteiger partial charge in [-0.3, -0.25) is 9.47 Å². The monoisotopic (exact) mass is 471 g/mol. The fourth-order valence-electron chi connectivity index (χ4n) is 5.14. The third kappa shape index (κ3) is 5.00. The van der Waals surface area contributed by atoms with Crippen molar-refractivity contribution in [1.29, 1.82) is 0 Å². The smallest absolute Gasteiger partial charge is 0.225 e. The van der Waals surface area contributed by atoms with E-state index in [-0.39, 0.29) is 7.47 Å². The number of benzene rings is 2. The Hall–Kier alpha value is -3.45. The Kier molecular flexibility index (Phi) is 6.95. The predicted molar refractivity (Wildman–Crippen MR) is 145 cm³/mol. The number of likely N-dealkylation sites (tertiary alicyclic amines) is 1. The van der Waals surface area contributed by atoms with Crippen molar-refractivity contribution in [3.8, 4) is 5.82 Å². The van der Waals surface area contributed by atoms with Crippen LogP contribution in [0, 0.1) is 0 Å². The molecule has 1 N–H and O–H groups in total. The summed E-state index contributed by atoms with van der Waals surface area (Å²) in [6.07, 6.45) is 6.24. The van der Waals surface area contributed by atoms with Crippen LogP contribution in [0.5, 0.6) is 0 Å². The second-order valence-electron chi connectivity index (χ2n) is 9.27. The molecule has 2 aromatic carbocycles. The Morgan fingerprint density at radius 3 is 2.77 bits per heavy atom. The van der Waals surface area contributed by atoms with E-state index >= 15 is 0 Å². The van der Waals surface area contributed by atoms with E-state index in [9.17, 15) is 0 Å². The lowest BCUT2D eigenvalue weighted by atomic mass is 10.1. The molecule has 1 aliphatic rings. The van der Waals surface area contributed by atoms with E-state index in [0.29, 0.717) is 12.0 Å². The number of imidazole rings is 1. The number of hydrogen-bond acceptors (Lipinski definition) is 6. The highest BCUT2D eigenvalue weighted by Crippen LogP contribution is 2.26. The standard InChI is InChI=1S/C28H35N7.H2/c1-4-33-17-9-12-24(33)19-34(5-2)23-13-14-26-25(18-23)30-20-35(26)27-15-16-29-28(32-27)31-21(3)22-10-7-6-8-11-22;/h6-8,10-11,13-16,18,20-21,24H,4-5,9,12,17,19H2,1-3H3,(H,29,31,32);1H/t21-,24?;/m0./s1. The summed E-state index contributed by atoms with van der Waals surface area (Å²) >= 11 is 0. The fraction of sp³-hybridized carbons (Fsp3) is 0.393. The van der Waals surface area contributed by atoms with Crippen LogP contribution in [0.15, 0.2) is 67.1 Å². The minimum Gasteiger partial charge on any atom is -0.370 e. The maximum absolute atomic E-state index is 4.78. The molecule has 0 saturated carbocycles. The average Bonchev–Trinajstić information content (AvgIpc) is 3.54. The Morgan fingerprint density at radius 2 is 1.97 bits per heavy atom. The topological polar surface area (TPSA) is 62.1 Å². The molecule has 2 aromatic heterocycles. The van der Waals surface area contributed by atoms with E-state index in [4.69, 9.17) is 9.97 Å². The normalized spacial score (nSPS) is 17.1. The summed E-state index contributed by atoms with van der Waals surface area (Å²) in [6, 6.07) is 19.6. The van der Waals surface area contributed by atoms with Gasteiger partial charge >= 0.3 is 0 Å². The van der Waals surface area contributed by atoms with Gasteiger partial charge in [0.2, 0.25) is 5.95 Å². The highest BCUT2D eigenvalue weighted by atomic mass is 15.2. The average molecular weight is 472 g/mol. The maximum Gasteiger partial charge on any atom is 0.225 e. The largest absolute Gasteiger partial charge is 0.370 e. The number of anilines is 2. The number of fused-ring (bicyclic) bond motifs is 1. The number of nitrogens with one attached hydrogen (secondary N) is 1. The van der Waals surface area contributed by atoms with Gasteiger partial charge in [-0.05, 0) is 69.6 Å². The third-order valence-corrected chi connectivity index (χ3v) is 7.15. The molecule has 0 aliphatic carbocycles. The molecular weight excluding hydrogens is 434 g/mol. The van der Waals surface area contributed by atoms with Gasteiger partial charge in [0.1, 0.15) is 12.1 Å². The van der Waals surface area contributed by atoms with E-state index in [2.05, 4.69) is 71.2 Å². The molecule has 7 heteroatoms. The molecule has 0 spiro atoms. The lowest BCUT2D eigenvalue weighted by Gasteiger charge is -2.31. The minimum atomic E-state index is 0. The van der Waals surface area contributed by atoms with E-state index in [0.717, 1.165) is 36.5 Å². The van der Waals surface area contributed by atoms with Crippen molar-refractivity contribution in [2.75, 3.05) is 36.4 Å². The molecule has 1 aliphatic heterocycles. The van der Waals surface area contributed by atoms with Gasteiger partial charge in [0, 0.05) is 32.4 Å². The van der Waals surface area contributed by atoms with Crippen molar-refractivity contribution in [3.05, 3.63) is 72.7 Å². The zero-order valence-electron chi connectivity index (χ0n) is 20.9. The van der Waals surface area contributed by atoms with Crippen LogP contribution in [0.2, 0.25) is 0 Å². The second-order valence-corrected chi connectivity index (χ2v) is 9.27. The van der Waals surface area contributed by atoms with Crippen molar-refractivity contribution < 1.29 is 1.43 Å². The summed E-state index contributed by atoms with van der Waals surface area (Å²) in [4.78, 5) is 19.0. The molecule has 35 heavy (non-hydrogen) atoms. The van der Waals surface area contributed by atoms with Crippen molar-refractivity contribution in [3.63, 3.8) is 0 Å². The molecular formula is C28H37N7. The molecule has 1 saturated heterocycles. The minimum absolute atomic E-state index is 0. The van der Waals surface area contributed by atoms with Gasteiger partial charge in [-0.1, -0.05) is 37.3 Å². The lowest BCUT2D eigenvalue weighted by molar-refractivity contribution is 0.269. The molecule has 4 aromatic rings. The third-order valence-electron chi connectivity index (χ3n) is 7.15. The first-order valence-corrected chi connectivity index (χ1v) is 12.8. The first-order chi connectivity index (χ1) is 17.2. The Bertz CT molecular complexity index is 1260. The van der Waals surface area contributed by atoms with Crippen molar-refractivity contribution in [1.82, 2.24) is 24.4 Å². The molecule has 7 nitrogen and oxygen atoms in total. The van der Waals surface area contributed by atoms with Gasteiger partial charge in [-0.25, -0.2) is 9.97 Å². The van der Waals surface area contributed by atoms with Gasteiger partial charge in [0.05, 0.1) is 17.1 Å². The van der Waals surface area contributed by atoms with Gasteiger partial charge < -0.3 is 10.2 Å². The molecule has 3 heterocycles. The Labute approximate surface area is 209 Å². The summed E-state index contributed by atoms with van der Waals surface area (Å²) in [5.41, 5.74) is 4.45. The van der Waals surface area contributed by atoms with Crippen LogP contribution in [0.3, 0.4) is 0 Å². The van der Waals surface area contributed by atoms with Crippen LogP contribution in [0.25, 0.3) is 16.9 Å². The zero-order chi connectivity index (χ0) is 24.2. The van der Waals surface area contributed by atoms with Crippen LogP contribution in [0.1, 0.15) is 46.6 Å². The molecule has 5 rings (SSSR count). The van der Waals surface area contributed by atoms with Crippen molar-refractivity contribution >= 4 is 22.7 Å². The zero-order valence-corrected chi connectivity index (χ0v) is 20.9. The summed E-state index contributed by atoms with van der Waals surface area (Å²) < 4.78 is 2.03. The summed E-state index contributed by atoms with van der Waals surface area (Å²) in [7, 11) is 0. The van der Waals surface area contributed by atoms with Crippen LogP contribution in [-0.4, -0.2) is 56.6 Å². The first-order valence-electron chi connectivity index (χ1n) is 12.8. The molecule has 2 atom stereocenters. The highest BCUT2D eigenvalue weighted by Gasteiger charge is 2.25. The Morgan fingerprint density at radius 1 is 1.11 bits per heavy atom. The van der Waals surface area contributed by atoms with Crippen LogP contribution >= 0.6 is 0 Å². The molecule has 184 valence electrons. The van der Waals surface area contributed by atoms with Crippen molar-refractivity contribution in [2.24, 2.45) is 0 Å². The SMILES string of the molecule is CCN(CC1CCCN1CC)c1ccc2c(c1)ncn2-c1ccnc(N[C@@H](C)c2ccccc2)n1.[HH]. The molecule has 1 unspecified atom stereocenters. The second kappa shape index (κ2) is 10.4. The van der Waals surface area contributed by atoms with Gasteiger partial charge in [-0.2, -0.15) is 4.98 Å². The van der Waals surface area contributed by atoms with Crippen LogP contribution in [-0.2, 0) is 0 Å². The maximum atomic E-state index is 4.78. The van der Waals surface area contributed by atoms with E-state index < -0.39 is 0 Å². The number of aromatic nitrogens is 4. The van der Waals surface area contributed by atoms with Crippen LogP contribution < -0.4 is 10.2 Å². The first kappa shape index (κ1) is 23.3. The number of rotatable bonds is 9. The number of likely N-dealkylation sites (N-methyl/N-ethyl adjacent to an activating group) is 2. The predicted octanol–water partition coefficient (Wildman–Crippen LogP) is 5.55. The van der Waals surface area contributed by atoms with Gasteiger partial charge in [0.15, 0.2) is 0 Å². The quantitative estimate of drug-likeness (QED) is 0.346. The van der Waals surface area contributed by atoms with E-state index in [1.165, 1.54) is 30.6 Å². The fourth-order valence-corrected chi connectivity index (χ4v) is 5.14. The molecule has 0 radical (unpaired) electrons. The molecule has 1 fully saturated rings. The van der Waals surface area contributed by atoms with Crippen LogP contribution in [0.4, 0.5) is 11.6 Å². The molecule has 0 bridgehead atoms. The Balaban J connectivity index is 0.00000304. The van der Waals surface area contributed by atoms with Gasteiger partial charge in [0.25, 0.3) is 0 Å².